The molecule has 1 atom stereocenters. The van der Waals surface area contributed by atoms with E-state index in [0.717, 1.165) is 19.6 Å². The third-order valence-corrected chi connectivity index (χ3v) is 4.39. The molecular formula is C19H24N2. The van der Waals surface area contributed by atoms with E-state index in [4.69, 9.17) is 5.73 Å². The van der Waals surface area contributed by atoms with Gasteiger partial charge in [0.05, 0.1) is 0 Å². The van der Waals surface area contributed by atoms with E-state index < -0.39 is 0 Å². The van der Waals surface area contributed by atoms with Crippen LogP contribution in [0.4, 0.5) is 0 Å². The molecular weight excluding hydrogens is 256 g/mol. The van der Waals surface area contributed by atoms with Gasteiger partial charge in [-0.15, -0.1) is 0 Å². The Labute approximate surface area is 127 Å². The van der Waals surface area contributed by atoms with E-state index in [0.29, 0.717) is 5.92 Å². The van der Waals surface area contributed by atoms with Crippen LogP contribution in [0, 0.1) is 0 Å². The van der Waals surface area contributed by atoms with Crippen LogP contribution in [0.15, 0.2) is 48.5 Å². The fraction of sp³-hybridized carbons (Fsp3) is 0.368. The zero-order valence-corrected chi connectivity index (χ0v) is 12.9. The predicted octanol–water partition coefficient (Wildman–Crippen LogP) is 3.83. The lowest BCUT2D eigenvalue weighted by Gasteiger charge is -2.21. The predicted molar refractivity (Wildman–Crippen MR) is 88.0 cm³/mol. The van der Waals surface area contributed by atoms with Gasteiger partial charge in [-0.2, -0.15) is 0 Å². The van der Waals surface area contributed by atoms with Crippen molar-refractivity contribution >= 4 is 0 Å². The smallest absolute Gasteiger partial charge is 0.0424 e. The maximum atomic E-state index is 6.39. The van der Waals surface area contributed by atoms with E-state index in [2.05, 4.69) is 67.3 Å². The molecule has 0 bridgehead atoms. The van der Waals surface area contributed by atoms with Crippen LogP contribution in [0.2, 0.25) is 0 Å². The molecule has 2 aromatic rings. The van der Waals surface area contributed by atoms with Crippen molar-refractivity contribution in [1.82, 2.24) is 4.90 Å². The third-order valence-electron chi connectivity index (χ3n) is 4.39. The lowest BCUT2D eigenvalue weighted by molar-refractivity contribution is 0.266. The van der Waals surface area contributed by atoms with Gasteiger partial charge in [-0.1, -0.05) is 62.4 Å². The van der Waals surface area contributed by atoms with Crippen molar-refractivity contribution in [2.24, 2.45) is 5.73 Å². The first-order valence-electron chi connectivity index (χ1n) is 7.78. The van der Waals surface area contributed by atoms with Crippen LogP contribution in [0.5, 0.6) is 0 Å². The zero-order chi connectivity index (χ0) is 14.8. The largest absolute Gasteiger partial charge is 0.323 e. The number of benzene rings is 2. The molecule has 1 heterocycles. The standard InChI is InChI=1S/C19H24N2/c1-14(2)15-7-9-16(10-8-15)19(20)13-21-11-17-5-3-4-6-18(17)12-21/h3-10,14,19H,11-13,20H2,1-2H3. The molecule has 0 spiro atoms. The summed E-state index contributed by atoms with van der Waals surface area (Å²) in [5.41, 5.74) is 11.9. The molecule has 2 aromatic carbocycles. The highest BCUT2D eigenvalue weighted by atomic mass is 15.1. The van der Waals surface area contributed by atoms with Gasteiger partial charge in [0.2, 0.25) is 0 Å². The van der Waals surface area contributed by atoms with Crippen molar-refractivity contribution in [3.63, 3.8) is 0 Å². The van der Waals surface area contributed by atoms with E-state index in [-0.39, 0.29) is 6.04 Å². The molecule has 0 aliphatic carbocycles. The average Bonchev–Trinajstić information content (AvgIpc) is 2.89. The Bertz CT molecular complexity index is 576. The van der Waals surface area contributed by atoms with Crippen molar-refractivity contribution < 1.29 is 0 Å². The van der Waals surface area contributed by atoms with Gasteiger partial charge >= 0.3 is 0 Å². The Morgan fingerprint density at radius 2 is 1.43 bits per heavy atom. The van der Waals surface area contributed by atoms with Crippen molar-refractivity contribution in [1.29, 1.82) is 0 Å². The van der Waals surface area contributed by atoms with Crippen LogP contribution in [-0.4, -0.2) is 11.4 Å². The van der Waals surface area contributed by atoms with Gasteiger partial charge in [0, 0.05) is 25.7 Å². The quantitative estimate of drug-likeness (QED) is 0.922. The molecule has 0 saturated carbocycles. The van der Waals surface area contributed by atoms with E-state index in [9.17, 15) is 0 Å². The first-order chi connectivity index (χ1) is 10.1. The molecule has 1 unspecified atom stereocenters. The second-order valence-corrected chi connectivity index (χ2v) is 6.37. The van der Waals surface area contributed by atoms with Crippen LogP contribution in [-0.2, 0) is 13.1 Å². The van der Waals surface area contributed by atoms with E-state index in [1.807, 2.05) is 0 Å². The fourth-order valence-corrected chi connectivity index (χ4v) is 3.04. The minimum Gasteiger partial charge on any atom is -0.323 e. The highest BCUT2D eigenvalue weighted by Crippen LogP contribution is 2.25. The molecule has 1 aliphatic rings. The zero-order valence-electron chi connectivity index (χ0n) is 12.9. The number of nitrogens with zero attached hydrogens (tertiary/aromatic N) is 1. The second-order valence-electron chi connectivity index (χ2n) is 6.37. The summed E-state index contributed by atoms with van der Waals surface area (Å²) in [6, 6.07) is 17.5. The van der Waals surface area contributed by atoms with Crippen molar-refractivity contribution in [2.45, 2.75) is 38.9 Å². The van der Waals surface area contributed by atoms with Crippen LogP contribution < -0.4 is 5.73 Å². The summed E-state index contributed by atoms with van der Waals surface area (Å²) < 4.78 is 0. The Morgan fingerprint density at radius 3 is 1.95 bits per heavy atom. The van der Waals surface area contributed by atoms with E-state index in [1.165, 1.54) is 22.3 Å². The van der Waals surface area contributed by atoms with E-state index >= 15 is 0 Å². The van der Waals surface area contributed by atoms with Gasteiger partial charge in [0.15, 0.2) is 0 Å². The molecule has 3 rings (SSSR count). The number of nitrogens with two attached hydrogens (primary N) is 1. The summed E-state index contributed by atoms with van der Waals surface area (Å²) in [4.78, 5) is 2.44. The van der Waals surface area contributed by atoms with Crippen LogP contribution >= 0.6 is 0 Å². The monoisotopic (exact) mass is 280 g/mol. The third kappa shape index (κ3) is 3.17. The van der Waals surface area contributed by atoms with Gasteiger partial charge in [-0.3, -0.25) is 4.90 Å². The Balaban J connectivity index is 1.63. The van der Waals surface area contributed by atoms with Gasteiger partial charge in [0.1, 0.15) is 0 Å². The highest BCUT2D eigenvalue weighted by Gasteiger charge is 2.20. The molecule has 1 aliphatic heterocycles. The molecule has 0 amide bonds. The van der Waals surface area contributed by atoms with Crippen molar-refractivity contribution in [2.75, 3.05) is 6.54 Å². The summed E-state index contributed by atoms with van der Waals surface area (Å²) in [6.45, 7) is 7.39. The minimum absolute atomic E-state index is 0.0838. The first-order valence-corrected chi connectivity index (χ1v) is 7.78. The lowest BCUT2D eigenvalue weighted by atomic mass is 9.99. The van der Waals surface area contributed by atoms with Crippen LogP contribution in [0.25, 0.3) is 0 Å². The fourth-order valence-electron chi connectivity index (χ4n) is 3.04. The molecule has 2 N–H and O–H groups in total. The number of fused-ring (bicyclic) bond motifs is 1. The van der Waals surface area contributed by atoms with E-state index in [1.54, 1.807) is 0 Å². The molecule has 21 heavy (non-hydrogen) atoms. The van der Waals surface area contributed by atoms with Gasteiger partial charge in [-0.05, 0) is 28.2 Å². The highest BCUT2D eigenvalue weighted by molar-refractivity contribution is 5.31. The normalized spacial score (nSPS) is 16.2. The molecule has 110 valence electrons. The minimum atomic E-state index is 0.0838. The Morgan fingerprint density at radius 1 is 0.905 bits per heavy atom. The molecule has 2 nitrogen and oxygen atoms in total. The maximum Gasteiger partial charge on any atom is 0.0424 e. The molecule has 0 aromatic heterocycles. The maximum absolute atomic E-state index is 6.39. The van der Waals surface area contributed by atoms with Gasteiger partial charge in [0.25, 0.3) is 0 Å². The summed E-state index contributed by atoms with van der Waals surface area (Å²) >= 11 is 0. The summed E-state index contributed by atoms with van der Waals surface area (Å²) in [5, 5.41) is 0. The molecule has 0 fully saturated rings. The summed E-state index contributed by atoms with van der Waals surface area (Å²) in [7, 11) is 0. The Kier molecular flexibility index (Phi) is 4.09. The van der Waals surface area contributed by atoms with Crippen LogP contribution in [0.3, 0.4) is 0 Å². The molecule has 2 heteroatoms. The Hall–Kier alpha value is -1.64. The van der Waals surface area contributed by atoms with Crippen molar-refractivity contribution in [3.8, 4) is 0 Å². The van der Waals surface area contributed by atoms with Crippen LogP contribution in [0.1, 0.15) is 48.1 Å². The topological polar surface area (TPSA) is 29.3 Å². The average molecular weight is 280 g/mol. The number of hydrogen-bond acceptors (Lipinski definition) is 2. The first kappa shape index (κ1) is 14.3. The molecule has 0 saturated heterocycles. The van der Waals surface area contributed by atoms with Crippen molar-refractivity contribution in [3.05, 3.63) is 70.8 Å². The summed E-state index contributed by atoms with van der Waals surface area (Å²) in [5.74, 6) is 0.573. The van der Waals surface area contributed by atoms with Gasteiger partial charge < -0.3 is 5.73 Å². The number of hydrogen-bond donors (Lipinski definition) is 1. The lowest BCUT2D eigenvalue weighted by Crippen LogP contribution is -2.28. The summed E-state index contributed by atoms with van der Waals surface area (Å²) in [6.07, 6.45) is 0. The molecule has 0 radical (unpaired) electrons. The SMILES string of the molecule is CC(C)c1ccc(C(N)CN2Cc3ccccc3C2)cc1. The second kappa shape index (κ2) is 6.00. The number of rotatable bonds is 4. The van der Waals surface area contributed by atoms with Gasteiger partial charge in [-0.25, -0.2) is 0 Å².